The minimum Gasteiger partial charge on any atom is -0.392 e. The number of benzene rings is 1. The van der Waals surface area contributed by atoms with Crippen molar-refractivity contribution < 1.29 is 9.90 Å². The maximum absolute atomic E-state index is 12.5. The lowest BCUT2D eigenvalue weighted by Gasteiger charge is -2.34. The number of nitrogens with zero attached hydrogens (tertiary/aromatic N) is 4. The maximum atomic E-state index is 12.5. The number of anilines is 1. The van der Waals surface area contributed by atoms with Crippen LogP contribution in [0.15, 0.2) is 36.7 Å². The number of hydrogen-bond donors (Lipinski definition) is 1. The highest BCUT2D eigenvalue weighted by Crippen LogP contribution is 2.18. The van der Waals surface area contributed by atoms with Gasteiger partial charge in [-0.1, -0.05) is 17.7 Å². The summed E-state index contributed by atoms with van der Waals surface area (Å²) in [5.41, 5.74) is 1.52. The third-order valence-corrected chi connectivity index (χ3v) is 4.38. The fourth-order valence-corrected chi connectivity index (χ4v) is 2.99. The maximum Gasteiger partial charge on any atom is 0.227 e. The first kappa shape index (κ1) is 16.7. The summed E-state index contributed by atoms with van der Waals surface area (Å²) in [6, 6.07) is 7.02. The predicted octanol–water partition coefficient (Wildman–Crippen LogP) is 1.51. The Bertz CT molecular complexity index is 703. The van der Waals surface area contributed by atoms with E-state index in [-0.39, 0.29) is 18.9 Å². The summed E-state index contributed by atoms with van der Waals surface area (Å²) in [5, 5.41) is 9.98. The van der Waals surface area contributed by atoms with Gasteiger partial charge in [-0.25, -0.2) is 9.97 Å². The van der Waals surface area contributed by atoms with Crippen LogP contribution in [0.3, 0.4) is 0 Å². The Morgan fingerprint density at radius 3 is 2.50 bits per heavy atom. The van der Waals surface area contributed by atoms with Gasteiger partial charge in [0.2, 0.25) is 11.9 Å². The SMILES string of the molecule is O=C(Cc1cc(Cl)ccc1CO)N1CCN(c2ncccn2)CC1. The van der Waals surface area contributed by atoms with E-state index in [0.29, 0.717) is 37.1 Å². The van der Waals surface area contributed by atoms with E-state index < -0.39 is 0 Å². The van der Waals surface area contributed by atoms with E-state index in [1.54, 1.807) is 36.7 Å². The summed E-state index contributed by atoms with van der Waals surface area (Å²) in [5.74, 6) is 0.739. The molecule has 1 aromatic carbocycles. The van der Waals surface area contributed by atoms with Crippen molar-refractivity contribution in [2.24, 2.45) is 0 Å². The number of rotatable bonds is 4. The molecule has 0 unspecified atom stereocenters. The van der Waals surface area contributed by atoms with Gasteiger partial charge >= 0.3 is 0 Å². The van der Waals surface area contributed by atoms with Gasteiger partial charge in [-0.2, -0.15) is 0 Å². The van der Waals surface area contributed by atoms with E-state index >= 15 is 0 Å². The van der Waals surface area contributed by atoms with E-state index in [1.165, 1.54) is 0 Å². The zero-order valence-corrected chi connectivity index (χ0v) is 14.0. The average molecular weight is 347 g/mol. The Morgan fingerprint density at radius 1 is 1.12 bits per heavy atom. The highest BCUT2D eigenvalue weighted by molar-refractivity contribution is 6.30. The molecule has 0 spiro atoms. The Morgan fingerprint density at radius 2 is 1.83 bits per heavy atom. The third kappa shape index (κ3) is 3.83. The number of aliphatic hydroxyl groups excluding tert-OH is 1. The largest absolute Gasteiger partial charge is 0.392 e. The summed E-state index contributed by atoms with van der Waals surface area (Å²) in [7, 11) is 0. The average Bonchev–Trinajstić information content (AvgIpc) is 2.63. The van der Waals surface area contributed by atoms with Crippen LogP contribution in [0, 0.1) is 0 Å². The van der Waals surface area contributed by atoms with Crippen molar-refractivity contribution in [1.82, 2.24) is 14.9 Å². The van der Waals surface area contributed by atoms with E-state index in [0.717, 1.165) is 11.1 Å². The number of hydrogen-bond acceptors (Lipinski definition) is 5. The normalized spacial score (nSPS) is 14.8. The second kappa shape index (κ2) is 7.59. The van der Waals surface area contributed by atoms with E-state index in [1.807, 2.05) is 4.90 Å². The molecule has 3 rings (SSSR count). The van der Waals surface area contributed by atoms with Crippen molar-refractivity contribution in [2.45, 2.75) is 13.0 Å². The van der Waals surface area contributed by atoms with Gasteiger partial charge in [-0.05, 0) is 29.3 Å². The summed E-state index contributed by atoms with van der Waals surface area (Å²) in [4.78, 5) is 24.9. The van der Waals surface area contributed by atoms with Crippen LogP contribution in [0.25, 0.3) is 0 Å². The van der Waals surface area contributed by atoms with Gasteiger partial charge in [0.05, 0.1) is 13.0 Å². The molecule has 1 aliphatic rings. The first-order valence-electron chi connectivity index (χ1n) is 7.85. The molecule has 6 nitrogen and oxygen atoms in total. The molecular formula is C17H19ClN4O2. The van der Waals surface area contributed by atoms with Crippen LogP contribution in [-0.4, -0.2) is 52.1 Å². The molecule has 1 amide bonds. The Labute approximate surface area is 145 Å². The number of aliphatic hydroxyl groups is 1. The Hall–Kier alpha value is -2.18. The van der Waals surface area contributed by atoms with Crippen LogP contribution in [-0.2, 0) is 17.8 Å². The summed E-state index contributed by atoms with van der Waals surface area (Å²) in [6.45, 7) is 2.58. The molecule has 7 heteroatoms. The molecule has 1 aromatic heterocycles. The van der Waals surface area contributed by atoms with E-state index in [4.69, 9.17) is 11.6 Å². The van der Waals surface area contributed by atoms with Crippen LogP contribution in [0.4, 0.5) is 5.95 Å². The molecule has 24 heavy (non-hydrogen) atoms. The third-order valence-electron chi connectivity index (χ3n) is 4.15. The highest BCUT2D eigenvalue weighted by atomic mass is 35.5. The van der Waals surface area contributed by atoms with Crippen molar-refractivity contribution in [3.8, 4) is 0 Å². The van der Waals surface area contributed by atoms with Crippen LogP contribution >= 0.6 is 11.6 Å². The van der Waals surface area contributed by atoms with Gasteiger partial charge in [0.25, 0.3) is 0 Å². The minimum absolute atomic E-state index is 0.0422. The lowest BCUT2D eigenvalue weighted by molar-refractivity contribution is -0.130. The molecule has 0 bridgehead atoms. The van der Waals surface area contributed by atoms with Crippen molar-refractivity contribution in [3.05, 3.63) is 52.8 Å². The topological polar surface area (TPSA) is 69.6 Å². The van der Waals surface area contributed by atoms with Gasteiger partial charge < -0.3 is 14.9 Å². The van der Waals surface area contributed by atoms with E-state index in [2.05, 4.69) is 14.9 Å². The molecule has 0 saturated carbocycles. The van der Waals surface area contributed by atoms with Crippen molar-refractivity contribution in [3.63, 3.8) is 0 Å². The second-order valence-corrected chi connectivity index (χ2v) is 6.10. The molecule has 2 aromatic rings. The number of carbonyl (C=O) groups excluding carboxylic acids is 1. The molecular weight excluding hydrogens is 328 g/mol. The first-order valence-corrected chi connectivity index (χ1v) is 8.23. The van der Waals surface area contributed by atoms with Crippen molar-refractivity contribution in [1.29, 1.82) is 0 Å². The number of carbonyl (C=O) groups is 1. The van der Waals surface area contributed by atoms with Crippen molar-refractivity contribution >= 4 is 23.5 Å². The number of halogens is 1. The fraction of sp³-hybridized carbons (Fsp3) is 0.353. The Kier molecular flexibility index (Phi) is 5.27. The number of piperazine rings is 1. The smallest absolute Gasteiger partial charge is 0.227 e. The molecule has 0 atom stereocenters. The van der Waals surface area contributed by atoms with Gasteiger partial charge in [-0.3, -0.25) is 4.79 Å². The van der Waals surface area contributed by atoms with Crippen LogP contribution in [0.2, 0.25) is 5.02 Å². The summed E-state index contributed by atoms with van der Waals surface area (Å²) < 4.78 is 0. The molecule has 126 valence electrons. The lowest BCUT2D eigenvalue weighted by atomic mass is 10.0. The van der Waals surface area contributed by atoms with E-state index in [9.17, 15) is 9.90 Å². The van der Waals surface area contributed by atoms with Gasteiger partial charge in [0.1, 0.15) is 0 Å². The molecule has 0 radical (unpaired) electrons. The fourth-order valence-electron chi connectivity index (χ4n) is 2.80. The molecule has 2 heterocycles. The van der Waals surface area contributed by atoms with Gasteiger partial charge in [0.15, 0.2) is 0 Å². The molecule has 1 N–H and O–H groups in total. The monoisotopic (exact) mass is 346 g/mol. The van der Waals surface area contributed by atoms with Crippen LogP contribution < -0.4 is 4.90 Å². The quantitative estimate of drug-likeness (QED) is 0.908. The number of aromatic nitrogens is 2. The zero-order valence-electron chi connectivity index (χ0n) is 13.2. The predicted molar refractivity (Wildman–Crippen MR) is 91.9 cm³/mol. The second-order valence-electron chi connectivity index (χ2n) is 5.66. The standard InChI is InChI=1S/C17H19ClN4O2/c18-15-3-2-13(12-23)14(10-15)11-16(24)21-6-8-22(9-7-21)17-19-4-1-5-20-17/h1-5,10,23H,6-9,11-12H2. The lowest BCUT2D eigenvalue weighted by Crippen LogP contribution is -2.49. The summed E-state index contributed by atoms with van der Waals surface area (Å²) >= 11 is 6.00. The molecule has 0 aliphatic carbocycles. The van der Waals surface area contributed by atoms with Crippen LogP contribution in [0.1, 0.15) is 11.1 Å². The summed E-state index contributed by atoms with van der Waals surface area (Å²) in [6.07, 6.45) is 3.68. The molecule has 1 aliphatic heterocycles. The molecule has 1 saturated heterocycles. The minimum atomic E-state index is -0.0983. The highest BCUT2D eigenvalue weighted by Gasteiger charge is 2.23. The molecule has 1 fully saturated rings. The van der Waals surface area contributed by atoms with Crippen LogP contribution in [0.5, 0.6) is 0 Å². The zero-order chi connectivity index (χ0) is 16.9. The Balaban J connectivity index is 1.61. The van der Waals surface area contributed by atoms with Gasteiger partial charge in [0, 0.05) is 43.6 Å². The van der Waals surface area contributed by atoms with Crippen molar-refractivity contribution in [2.75, 3.05) is 31.1 Å². The first-order chi connectivity index (χ1) is 11.7. The van der Waals surface area contributed by atoms with Gasteiger partial charge in [-0.15, -0.1) is 0 Å². The number of amides is 1.